The first kappa shape index (κ1) is 20.8. The first-order valence-corrected chi connectivity index (χ1v) is 3.51. The van der Waals surface area contributed by atoms with Crippen molar-refractivity contribution >= 4 is 0 Å². The molecular formula is C9H13NY3-2. The summed E-state index contributed by atoms with van der Waals surface area (Å²) in [6.45, 7) is 8.35. The third kappa shape index (κ3) is 8.29. The largest absolute Gasteiger partial charge is 0.756 e. The average molecular weight is 402 g/mol. The molecule has 13 heavy (non-hydrogen) atoms. The van der Waals surface area contributed by atoms with Crippen LogP contribution in [0.25, 0.3) is 5.32 Å². The van der Waals surface area contributed by atoms with Gasteiger partial charge in [-0.1, -0.05) is 20.8 Å². The summed E-state index contributed by atoms with van der Waals surface area (Å²) in [7, 11) is 0. The van der Waals surface area contributed by atoms with Crippen LogP contribution in [0.4, 0.5) is 0 Å². The summed E-state index contributed by atoms with van der Waals surface area (Å²) in [6.07, 6.45) is 5.99. The van der Waals surface area contributed by atoms with E-state index >= 15 is 0 Å². The summed E-state index contributed by atoms with van der Waals surface area (Å²) in [5.41, 5.74) is 1.52. The van der Waals surface area contributed by atoms with Crippen LogP contribution in [-0.2, 0) is 98.1 Å². The fourth-order valence-electron chi connectivity index (χ4n) is 0.806. The molecule has 1 rings (SSSR count). The van der Waals surface area contributed by atoms with E-state index in [0.29, 0.717) is 0 Å². The molecule has 0 spiro atoms. The maximum atomic E-state index is 4.05. The predicted molar refractivity (Wildman–Crippen MR) is 44.3 cm³/mol. The van der Waals surface area contributed by atoms with E-state index in [1.54, 1.807) is 6.54 Å². The third-order valence-electron chi connectivity index (χ3n) is 1.53. The Kier molecular flexibility index (Phi) is 15.5. The van der Waals surface area contributed by atoms with E-state index < -0.39 is 0 Å². The van der Waals surface area contributed by atoms with Crippen LogP contribution < -0.4 is 0 Å². The van der Waals surface area contributed by atoms with Gasteiger partial charge in [-0.2, -0.15) is 0 Å². The quantitative estimate of drug-likeness (QED) is 0.554. The van der Waals surface area contributed by atoms with Crippen molar-refractivity contribution in [2.45, 2.75) is 20.8 Å². The second-order valence-electron chi connectivity index (χ2n) is 3.49. The molecule has 0 saturated carbocycles. The summed E-state index contributed by atoms with van der Waals surface area (Å²) < 4.78 is 0. The maximum Gasteiger partial charge on any atom is 0 e. The molecule has 1 nitrogen and oxygen atoms in total. The van der Waals surface area contributed by atoms with Crippen molar-refractivity contribution < 1.29 is 98.1 Å². The normalized spacial score (nSPS) is 13.3. The molecule has 0 N–H and O–H groups in total. The zero-order valence-corrected chi connectivity index (χ0v) is 17.0. The zero-order valence-electron chi connectivity index (χ0n) is 8.49. The van der Waals surface area contributed by atoms with Gasteiger partial charge in [-0.05, 0) is 5.41 Å². The number of hydrogen-bond acceptors (Lipinski definition) is 0. The monoisotopic (exact) mass is 402 g/mol. The zero-order chi connectivity index (χ0) is 7.61. The van der Waals surface area contributed by atoms with Crippen molar-refractivity contribution in [2.24, 2.45) is 5.41 Å². The van der Waals surface area contributed by atoms with Gasteiger partial charge in [-0.15, -0.1) is 5.57 Å². The van der Waals surface area contributed by atoms with Gasteiger partial charge < -0.3 is 11.9 Å². The SMILES string of the molecule is CC(C)(C)C1=C[N-][CH-]C=C1.[Y].[Y].[Y]. The molecule has 3 radical (unpaired) electrons. The first-order valence-electron chi connectivity index (χ1n) is 3.51. The average Bonchev–Trinajstić information content (AvgIpc) is 1.88. The fourth-order valence-corrected chi connectivity index (χ4v) is 0.806. The standard InChI is InChI=1S/C9H13N.3Y/c1-9(2,3)8-5-4-6-10-7-8;;;/h4-7H,1-3H3;;;/q-2;;;. The Balaban J connectivity index is -0.000000333. The molecule has 1 aliphatic rings. The second-order valence-corrected chi connectivity index (χ2v) is 3.49. The molecule has 0 unspecified atom stereocenters. The molecule has 0 atom stereocenters. The van der Waals surface area contributed by atoms with Crippen LogP contribution in [0.2, 0.25) is 0 Å². The Morgan fingerprint density at radius 3 is 1.92 bits per heavy atom. The molecule has 0 aliphatic carbocycles. The predicted octanol–water partition coefficient (Wildman–Crippen LogP) is 3.01. The van der Waals surface area contributed by atoms with E-state index in [-0.39, 0.29) is 104 Å². The number of hydrogen-bond donors (Lipinski definition) is 0. The van der Waals surface area contributed by atoms with Gasteiger partial charge in [0.15, 0.2) is 0 Å². The Morgan fingerprint density at radius 2 is 1.69 bits per heavy atom. The molecular weight excluding hydrogens is 389 g/mol. The van der Waals surface area contributed by atoms with E-state index in [1.165, 1.54) is 5.57 Å². The Hall–Kier alpha value is 2.46. The van der Waals surface area contributed by atoms with Crippen molar-refractivity contribution in [1.29, 1.82) is 0 Å². The van der Waals surface area contributed by atoms with Gasteiger partial charge in [-0.3, -0.25) is 0 Å². The first-order chi connectivity index (χ1) is 4.61. The van der Waals surface area contributed by atoms with Crippen LogP contribution in [0.3, 0.4) is 0 Å². The minimum atomic E-state index is 0. The van der Waals surface area contributed by atoms with E-state index in [2.05, 4.69) is 32.2 Å². The van der Waals surface area contributed by atoms with Gasteiger partial charge in [0.05, 0.1) is 0 Å². The van der Waals surface area contributed by atoms with Crippen LogP contribution in [0.5, 0.6) is 0 Å². The molecule has 1 aliphatic heterocycles. The molecule has 0 saturated heterocycles. The van der Waals surface area contributed by atoms with Gasteiger partial charge in [0.25, 0.3) is 0 Å². The van der Waals surface area contributed by atoms with Gasteiger partial charge in [-0.25, -0.2) is 18.4 Å². The molecule has 0 amide bonds. The van der Waals surface area contributed by atoms with Gasteiger partial charge >= 0.3 is 0 Å². The Bertz CT molecular complexity index is 180. The molecule has 1 heterocycles. The molecule has 0 bridgehead atoms. The summed E-state index contributed by atoms with van der Waals surface area (Å²) in [5, 5.41) is 4.05. The number of rotatable bonds is 0. The summed E-state index contributed by atoms with van der Waals surface area (Å²) in [4.78, 5) is 0. The number of nitrogens with zero attached hydrogens (tertiary/aromatic N) is 1. The van der Waals surface area contributed by atoms with Gasteiger partial charge in [0.1, 0.15) is 0 Å². The van der Waals surface area contributed by atoms with E-state index in [1.807, 2.05) is 12.3 Å². The molecule has 0 aromatic rings. The van der Waals surface area contributed by atoms with Crippen molar-refractivity contribution in [3.8, 4) is 0 Å². The number of allylic oxidation sites excluding steroid dienone is 2. The van der Waals surface area contributed by atoms with Crippen LogP contribution in [0, 0.1) is 12.0 Å². The molecule has 0 aromatic carbocycles. The fraction of sp³-hybridized carbons (Fsp3) is 0.444. The van der Waals surface area contributed by atoms with Crippen LogP contribution in [-0.4, -0.2) is 0 Å². The van der Waals surface area contributed by atoms with Crippen molar-refractivity contribution in [2.75, 3.05) is 0 Å². The van der Waals surface area contributed by atoms with Crippen LogP contribution in [0.15, 0.2) is 23.9 Å². The van der Waals surface area contributed by atoms with E-state index in [4.69, 9.17) is 0 Å². The van der Waals surface area contributed by atoms with Crippen molar-refractivity contribution in [3.05, 3.63) is 35.8 Å². The van der Waals surface area contributed by atoms with Crippen molar-refractivity contribution in [1.82, 2.24) is 0 Å². The van der Waals surface area contributed by atoms with Crippen LogP contribution in [0.1, 0.15) is 20.8 Å². The summed E-state index contributed by atoms with van der Waals surface area (Å²) in [6, 6.07) is 0. The minimum Gasteiger partial charge on any atom is -0.756 e. The minimum absolute atomic E-state index is 0. The smallest absolute Gasteiger partial charge is 0 e. The van der Waals surface area contributed by atoms with Crippen LogP contribution >= 0.6 is 0 Å². The third-order valence-corrected chi connectivity index (χ3v) is 1.53. The topological polar surface area (TPSA) is 14.1 Å². The molecule has 0 aromatic heterocycles. The second kappa shape index (κ2) is 9.67. The van der Waals surface area contributed by atoms with Gasteiger partial charge in [0.2, 0.25) is 0 Å². The van der Waals surface area contributed by atoms with Gasteiger partial charge in [0, 0.05) is 98.1 Å². The summed E-state index contributed by atoms with van der Waals surface area (Å²) >= 11 is 0. The van der Waals surface area contributed by atoms with Crippen molar-refractivity contribution in [3.63, 3.8) is 0 Å². The molecule has 0 fully saturated rings. The molecule has 4 heteroatoms. The maximum absolute atomic E-state index is 4.05. The van der Waals surface area contributed by atoms with E-state index in [9.17, 15) is 0 Å². The Labute approximate surface area is 157 Å². The summed E-state index contributed by atoms with van der Waals surface area (Å²) in [5.74, 6) is 0. The molecule has 65 valence electrons. The Morgan fingerprint density at radius 1 is 1.15 bits per heavy atom. The van der Waals surface area contributed by atoms with E-state index in [0.717, 1.165) is 0 Å².